The van der Waals surface area contributed by atoms with Gasteiger partial charge in [-0.1, -0.05) is 23.8 Å². The Labute approximate surface area is 143 Å². The van der Waals surface area contributed by atoms with Crippen molar-refractivity contribution in [3.05, 3.63) is 35.9 Å². The van der Waals surface area contributed by atoms with Gasteiger partial charge in [0.25, 0.3) is 0 Å². The Morgan fingerprint density at radius 2 is 2.09 bits per heavy atom. The lowest BCUT2D eigenvalue weighted by Gasteiger charge is -2.15. The van der Waals surface area contributed by atoms with E-state index in [4.69, 9.17) is 4.74 Å². The number of methoxy groups -OCH3 is 1. The molecule has 0 spiro atoms. The molecule has 3 N–H and O–H groups in total. The lowest BCUT2D eigenvalue weighted by atomic mass is 10.1. The standard InChI is InChI=1S/C15H21N3O2.2ClH/c1-20-14-5-3-2-4-13(14)17-11-15(19)18-10-12-6-8-16-9-7-12;;/h2-6,16-17H,7-11H2,1H3,(H,18,19);2*1H. The molecular formula is C15H23Cl2N3O2. The van der Waals surface area contributed by atoms with Gasteiger partial charge in [-0.15, -0.1) is 24.8 Å². The predicted octanol–water partition coefficient (Wildman–Crippen LogP) is 1.99. The highest BCUT2D eigenvalue weighted by Gasteiger charge is 2.07. The van der Waals surface area contributed by atoms with E-state index in [9.17, 15) is 4.79 Å². The van der Waals surface area contributed by atoms with Gasteiger partial charge in [0.2, 0.25) is 5.91 Å². The summed E-state index contributed by atoms with van der Waals surface area (Å²) in [4.78, 5) is 11.8. The van der Waals surface area contributed by atoms with Gasteiger partial charge in [-0.05, 0) is 25.1 Å². The second-order valence-electron chi connectivity index (χ2n) is 4.65. The molecule has 124 valence electrons. The smallest absolute Gasteiger partial charge is 0.239 e. The fraction of sp³-hybridized carbons (Fsp3) is 0.400. The van der Waals surface area contributed by atoms with Gasteiger partial charge in [-0.3, -0.25) is 4.79 Å². The van der Waals surface area contributed by atoms with Crippen molar-refractivity contribution in [2.75, 3.05) is 38.6 Å². The van der Waals surface area contributed by atoms with Gasteiger partial charge >= 0.3 is 0 Å². The maximum absolute atomic E-state index is 11.8. The van der Waals surface area contributed by atoms with Crippen LogP contribution in [0.25, 0.3) is 0 Å². The Kier molecular flexibility index (Phi) is 10.5. The molecule has 1 aliphatic heterocycles. The van der Waals surface area contributed by atoms with Gasteiger partial charge < -0.3 is 20.7 Å². The molecule has 1 amide bonds. The number of carbonyl (C=O) groups is 1. The fourth-order valence-corrected chi connectivity index (χ4v) is 2.07. The molecule has 2 rings (SSSR count). The Bertz CT molecular complexity index is 495. The zero-order chi connectivity index (χ0) is 14.2. The van der Waals surface area contributed by atoms with Crippen LogP contribution in [0.5, 0.6) is 5.75 Å². The number of rotatable bonds is 6. The summed E-state index contributed by atoms with van der Waals surface area (Å²) in [6, 6.07) is 7.55. The molecule has 1 aromatic carbocycles. The van der Waals surface area contributed by atoms with Crippen LogP contribution in [0.15, 0.2) is 35.9 Å². The quantitative estimate of drug-likeness (QED) is 0.688. The van der Waals surface area contributed by atoms with E-state index in [0.29, 0.717) is 6.54 Å². The van der Waals surface area contributed by atoms with Crippen LogP contribution in [-0.2, 0) is 4.79 Å². The number of anilines is 1. The Morgan fingerprint density at radius 1 is 1.32 bits per heavy atom. The van der Waals surface area contributed by atoms with Crippen LogP contribution in [-0.4, -0.2) is 39.2 Å². The minimum atomic E-state index is -0.0182. The zero-order valence-electron chi connectivity index (χ0n) is 12.6. The third kappa shape index (κ3) is 6.56. The predicted molar refractivity (Wildman–Crippen MR) is 94.6 cm³/mol. The average molecular weight is 348 g/mol. The molecule has 7 heteroatoms. The van der Waals surface area contributed by atoms with Crippen molar-refractivity contribution < 1.29 is 9.53 Å². The number of hydrogen-bond acceptors (Lipinski definition) is 4. The second-order valence-corrected chi connectivity index (χ2v) is 4.65. The van der Waals surface area contributed by atoms with Crippen molar-refractivity contribution in [2.45, 2.75) is 6.42 Å². The zero-order valence-corrected chi connectivity index (χ0v) is 14.2. The second kappa shape index (κ2) is 11.2. The first-order chi connectivity index (χ1) is 9.79. The van der Waals surface area contributed by atoms with Crippen molar-refractivity contribution in [1.29, 1.82) is 0 Å². The monoisotopic (exact) mass is 347 g/mol. The molecule has 1 heterocycles. The van der Waals surface area contributed by atoms with E-state index in [0.717, 1.165) is 30.9 Å². The molecule has 1 aromatic rings. The molecule has 0 aromatic heterocycles. The topological polar surface area (TPSA) is 62.4 Å². The van der Waals surface area contributed by atoms with Gasteiger partial charge in [-0.25, -0.2) is 0 Å². The van der Waals surface area contributed by atoms with Gasteiger partial charge in [-0.2, -0.15) is 0 Å². The number of carbonyl (C=O) groups excluding carboxylic acids is 1. The van der Waals surface area contributed by atoms with E-state index in [1.807, 2.05) is 24.3 Å². The summed E-state index contributed by atoms with van der Waals surface area (Å²) >= 11 is 0. The molecule has 0 fully saturated rings. The molecule has 0 bridgehead atoms. The van der Waals surface area contributed by atoms with E-state index in [2.05, 4.69) is 22.0 Å². The number of para-hydroxylation sites is 2. The van der Waals surface area contributed by atoms with Crippen molar-refractivity contribution >= 4 is 36.4 Å². The SMILES string of the molecule is COc1ccccc1NCC(=O)NCC1=CCNCC1.Cl.Cl. The van der Waals surface area contributed by atoms with Crippen LogP contribution in [0.1, 0.15) is 6.42 Å². The number of ether oxygens (including phenoxy) is 1. The summed E-state index contributed by atoms with van der Waals surface area (Å²) in [5.74, 6) is 0.719. The first-order valence-electron chi connectivity index (χ1n) is 6.82. The van der Waals surface area contributed by atoms with Crippen LogP contribution in [0.2, 0.25) is 0 Å². The van der Waals surface area contributed by atoms with E-state index in [-0.39, 0.29) is 37.3 Å². The normalized spacial score (nSPS) is 13.0. The maximum Gasteiger partial charge on any atom is 0.239 e. The van der Waals surface area contributed by atoms with E-state index in [1.54, 1.807) is 7.11 Å². The lowest BCUT2D eigenvalue weighted by molar-refractivity contribution is -0.119. The van der Waals surface area contributed by atoms with E-state index >= 15 is 0 Å². The minimum Gasteiger partial charge on any atom is -0.495 e. The molecule has 0 saturated heterocycles. The number of nitrogens with one attached hydrogen (secondary N) is 3. The molecule has 0 atom stereocenters. The third-order valence-corrected chi connectivity index (χ3v) is 3.22. The van der Waals surface area contributed by atoms with Crippen LogP contribution < -0.4 is 20.7 Å². The summed E-state index contributed by atoms with van der Waals surface area (Å²) in [7, 11) is 1.62. The highest BCUT2D eigenvalue weighted by molar-refractivity contribution is 5.85. The highest BCUT2D eigenvalue weighted by atomic mass is 35.5. The van der Waals surface area contributed by atoms with Crippen LogP contribution in [0.4, 0.5) is 5.69 Å². The first kappa shape index (κ1) is 20.6. The lowest BCUT2D eigenvalue weighted by Crippen LogP contribution is -2.33. The summed E-state index contributed by atoms with van der Waals surface area (Å²) in [5.41, 5.74) is 2.11. The van der Waals surface area contributed by atoms with Gasteiger partial charge in [0, 0.05) is 13.1 Å². The number of hydrogen-bond donors (Lipinski definition) is 3. The summed E-state index contributed by atoms with van der Waals surface area (Å²) in [6.45, 7) is 2.76. The highest BCUT2D eigenvalue weighted by Crippen LogP contribution is 2.22. The van der Waals surface area contributed by atoms with E-state index in [1.165, 1.54) is 5.57 Å². The van der Waals surface area contributed by atoms with Gasteiger partial charge in [0.05, 0.1) is 19.3 Å². The number of amides is 1. The average Bonchev–Trinajstić information content (AvgIpc) is 2.52. The molecule has 0 radical (unpaired) electrons. The summed E-state index contributed by atoms with van der Waals surface area (Å²) in [6.07, 6.45) is 3.14. The van der Waals surface area contributed by atoms with Crippen LogP contribution in [0, 0.1) is 0 Å². The Hall–Kier alpha value is -1.43. The van der Waals surface area contributed by atoms with Crippen molar-refractivity contribution in [1.82, 2.24) is 10.6 Å². The van der Waals surface area contributed by atoms with Gasteiger partial charge in [0.1, 0.15) is 5.75 Å². The first-order valence-corrected chi connectivity index (χ1v) is 6.82. The molecule has 0 saturated carbocycles. The third-order valence-electron chi connectivity index (χ3n) is 3.22. The number of benzene rings is 1. The Balaban J connectivity index is 0.00000220. The largest absolute Gasteiger partial charge is 0.495 e. The number of halogens is 2. The molecule has 5 nitrogen and oxygen atoms in total. The van der Waals surface area contributed by atoms with Crippen molar-refractivity contribution in [2.24, 2.45) is 0 Å². The molecule has 22 heavy (non-hydrogen) atoms. The minimum absolute atomic E-state index is 0. The van der Waals surface area contributed by atoms with Crippen molar-refractivity contribution in [3.8, 4) is 5.75 Å². The maximum atomic E-state index is 11.8. The van der Waals surface area contributed by atoms with Crippen molar-refractivity contribution in [3.63, 3.8) is 0 Å². The van der Waals surface area contributed by atoms with E-state index < -0.39 is 0 Å². The molecule has 0 unspecified atom stereocenters. The van der Waals surface area contributed by atoms with Crippen LogP contribution in [0.3, 0.4) is 0 Å². The summed E-state index contributed by atoms with van der Waals surface area (Å²) < 4.78 is 5.22. The summed E-state index contributed by atoms with van der Waals surface area (Å²) in [5, 5.41) is 9.25. The van der Waals surface area contributed by atoms with Gasteiger partial charge in [0.15, 0.2) is 0 Å². The molecule has 0 aliphatic carbocycles. The Morgan fingerprint density at radius 3 is 2.77 bits per heavy atom. The fourth-order valence-electron chi connectivity index (χ4n) is 2.07. The molecule has 1 aliphatic rings. The molecular weight excluding hydrogens is 325 g/mol. The van der Waals surface area contributed by atoms with Crippen LogP contribution >= 0.6 is 24.8 Å².